The number of anilines is 2. The van der Waals surface area contributed by atoms with Gasteiger partial charge >= 0.3 is 0 Å². The monoisotopic (exact) mass is 438 g/mol. The Bertz CT molecular complexity index is 1350. The molecule has 7 nitrogen and oxygen atoms in total. The van der Waals surface area contributed by atoms with Crippen LogP contribution in [0.15, 0.2) is 83.4 Å². The predicted octanol–water partition coefficient (Wildman–Crippen LogP) is 4.81. The van der Waals surface area contributed by atoms with Gasteiger partial charge in [0, 0.05) is 11.4 Å². The summed E-state index contributed by atoms with van der Waals surface area (Å²) < 4.78 is 1.74. The van der Waals surface area contributed by atoms with Crippen LogP contribution in [0.3, 0.4) is 0 Å². The second-order valence-electron chi connectivity index (χ2n) is 7.30. The normalized spacial score (nSPS) is 14.9. The van der Waals surface area contributed by atoms with Crippen molar-refractivity contribution >= 4 is 28.9 Å². The van der Waals surface area contributed by atoms with Gasteiger partial charge in [0.2, 0.25) is 5.95 Å². The van der Waals surface area contributed by atoms with E-state index in [-0.39, 0.29) is 5.91 Å². The van der Waals surface area contributed by atoms with Gasteiger partial charge in [-0.15, -0.1) is 16.4 Å². The maximum Gasteiger partial charge on any atom is 0.255 e. The van der Waals surface area contributed by atoms with Crippen LogP contribution < -0.4 is 10.6 Å². The zero-order chi connectivity index (χ0) is 22.1. The van der Waals surface area contributed by atoms with Gasteiger partial charge in [0.15, 0.2) is 5.82 Å². The van der Waals surface area contributed by atoms with Crippen molar-refractivity contribution in [3.05, 3.63) is 94.5 Å². The summed E-state index contributed by atoms with van der Waals surface area (Å²) in [4.78, 5) is 19.0. The third-order valence-corrected chi connectivity index (χ3v) is 6.09. The number of hydrogen-bond acceptors (Lipinski definition) is 6. The van der Waals surface area contributed by atoms with Gasteiger partial charge in [0.1, 0.15) is 6.04 Å². The van der Waals surface area contributed by atoms with Crippen LogP contribution in [0.5, 0.6) is 0 Å². The van der Waals surface area contributed by atoms with Crippen molar-refractivity contribution in [2.75, 3.05) is 10.6 Å². The Morgan fingerprint density at radius 2 is 1.91 bits per heavy atom. The fraction of sp³-hybridized carbons (Fsp3) is 0.0833. The van der Waals surface area contributed by atoms with E-state index in [9.17, 15) is 10.1 Å². The van der Waals surface area contributed by atoms with Crippen LogP contribution in [0, 0.1) is 11.3 Å². The molecular formula is C24H18N6OS. The molecule has 0 fully saturated rings. The topological polar surface area (TPSA) is 95.6 Å². The van der Waals surface area contributed by atoms with Crippen LogP contribution in [-0.2, 0) is 4.79 Å². The number of allylic oxidation sites excluding steroid dienone is 1. The molecule has 8 heteroatoms. The number of para-hydroxylation sites is 1. The number of nitrogens with one attached hydrogen (secondary N) is 2. The number of nitrogens with zero attached hydrogens (tertiary/aromatic N) is 4. The Hall–Kier alpha value is -4.22. The first-order valence-electron chi connectivity index (χ1n) is 9.98. The van der Waals surface area contributed by atoms with E-state index in [0.717, 1.165) is 10.4 Å². The maximum absolute atomic E-state index is 13.4. The van der Waals surface area contributed by atoms with Gasteiger partial charge in [-0.05, 0) is 48.2 Å². The van der Waals surface area contributed by atoms with Gasteiger partial charge in [-0.1, -0.05) is 36.4 Å². The smallest absolute Gasteiger partial charge is 0.255 e. The van der Waals surface area contributed by atoms with Crippen molar-refractivity contribution in [2.24, 2.45) is 0 Å². The minimum atomic E-state index is -0.496. The Morgan fingerprint density at radius 1 is 1.12 bits per heavy atom. The Labute approximate surface area is 188 Å². The number of rotatable bonds is 4. The standard InChI is InChI=1S/C24H18N6OS/c1-15-20(23(31)27-18-6-3-2-4-7-18)21(17-11-9-16(14-25)10-12-17)30-24(26-15)28-22(29-30)19-8-5-13-32-19/h2-13,21H,1H3,(H,27,31)(H,26,28,29). The lowest BCUT2D eigenvalue weighted by Crippen LogP contribution is -2.31. The van der Waals surface area contributed by atoms with Crippen molar-refractivity contribution in [1.82, 2.24) is 14.8 Å². The second-order valence-corrected chi connectivity index (χ2v) is 8.25. The molecule has 4 aromatic rings. The molecule has 0 bridgehead atoms. The highest BCUT2D eigenvalue weighted by Crippen LogP contribution is 2.37. The van der Waals surface area contributed by atoms with Crippen molar-refractivity contribution in [3.63, 3.8) is 0 Å². The average molecular weight is 439 g/mol. The molecule has 1 atom stereocenters. The van der Waals surface area contributed by atoms with Crippen molar-refractivity contribution in [2.45, 2.75) is 13.0 Å². The quantitative estimate of drug-likeness (QED) is 0.477. The molecule has 0 saturated heterocycles. The molecule has 1 aliphatic heterocycles. The molecule has 32 heavy (non-hydrogen) atoms. The predicted molar refractivity (Wildman–Crippen MR) is 124 cm³/mol. The number of aromatic nitrogens is 3. The van der Waals surface area contributed by atoms with E-state index in [1.807, 2.05) is 66.9 Å². The first kappa shape index (κ1) is 19.7. The second kappa shape index (κ2) is 8.13. The van der Waals surface area contributed by atoms with Gasteiger partial charge in [-0.3, -0.25) is 4.79 Å². The van der Waals surface area contributed by atoms with Gasteiger partial charge < -0.3 is 10.6 Å². The summed E-state index contributed by atoms with van der Waals surface area (Å²) in [5.74, 6) is 0.935. The fourth-order valence-corrected chi connectivity index (χ4v) is 4.38. The number of fused-ring (bicyclic) bond motifs is 1. The van der Waals surface area contributed by atoms with Gasteiger partial charge in [0.05, 0.1) is 22.1 Å². The first-order valence-corrected chi connectivity index (χ1v) is 10.9. The van der Waals surface area contributed by atoms with Crippen molar-refractivity contribution in [3.8, 4) is 16.8 Å². The highest BCUT2D eigenvalue weighted by Gasteiger charge is 2.34. The minimum absolute atomic E-state index is 0.227. The van der Waals surface area contributed by atoms with Crippen LogP contribution in [0.2, 0.25) is 0 Å². The van der Waals surface area contributed by atoms with Gasteiger partial charge in [-0.25, -0.2) is 4.68 Å². The lowest BCUT2D eigenvalue weighted by atomic mass is 9.94. The number of nitriles is 1. The molecular weight excluding hydrogens is 420 g/mol. The Balaban J connectivity index is 1.61. The maximum atomic E-state index is 13.4. The Kier molecular flexibility index (Phi) is 5.01. The molecule has 0 aliphatic carbocycles. The third-order valence-electron chi connectivity index (χ3n) is 5.23. The fourth-order valence-electron chi connectivity index (χ4n) is 3.72. The summed E-state index contributed by atoms with van der Waals surface area (Å²) >= 11 is 1.56. The molecule has 0 saturated carbocycles. The number of hydrogen-bond donors (Lipinski definition) is 2. The molecule has 1 unspecified atom stereocenters. The zero-order valence-corrected chi connectivity index (χ0v) is 17.9. The highest BCUT2D eigenvalue weighted by molar-refractivity contribution is 7.13. The van der Waals surface area contributed by atoms with E-state index in [4.69, 9.17) is 5.10 Å². The van der Waals surface area contributed by atoms with E-state index < -0.39 is 6.04 Å². The van der Waals surface area contributed by atoms with Crippen LogP contribution in [0.25, 0.3) is 10.7 Å². The first-order chi connectivity index (χ1) is 15.6. The van der Waals surface area contributed by atoms with Gasteiger partial charge in [0.25, 0.3) is 5.91 Å². The lowest BCUT2D eigenvalue weighted by molar-refractivity contribution is -0.113. The lowest BCUT2D eigenvalue weighted by Gasteiger charge is -2.28. The van der Waals surface area contributed by atoms with E-state index in [0.29, 0.717) is 34.3 Å². The van der Waals surface area contributed by atoms with Crippen LogP contribution in [-0.4, -0.2) is 20.7 Å². The number of amides is 1. The summed E-state index contributed by atoms with van der Waals surface area (Å²) in [6.07, 6.45) is 0. The SMILES string of the molecule is CC1=C(C(=O)Nc2ccccc2)C(c2ccc(C#N)cc2)n2nc(-c3cccs3)nc2N1. The van der Waals surface area contributed by atoms with Crippen LogP contribution >= 0.6 is 11.3 Å². The molecule has 5 rings (SSSR count). The molecule has 1 aliphatic rings. The summed E-state index contributed by atoms with van der Waals surface area (Å²) in [6.45, 7) is 1.86. The summed E-state index contributed by atoms with van der Waals surface area (Å²) in [6, 6.07) is 22.1. The summed E-state index contributed by atoms with van der Waals surface area (Å²) in [7, 11) is 0. The third kappa shape index (κ3) is 3.55. The summed E-state index contributed by atoms with van der Waals surface area (Å²) in [5, 5.41) is 22.1. The zero-order valence-electron chi connectivity index (χ0n) is 17.1. The Morgan fingerprint density at radius 3 is 2.59 bits per heavy atom. The molecule has 2 aromatic heterocycles. The van der Waals surface area contributed by atoms with E-state index >= 15 is 0 Å². The molecule has 0 spiro atoms. The van der Waals surface area contributed by atoms with E-state index in [1.54, 1.807) is 28.2 Å². The molecule has 0 radical (unpaired) electrons. The number of carbonyl (C=O) groups excluding carboxylic acids is 1. The minimum Gasteiger partial charge on any atom is -0.328 e. The van der Waals surface area contributed by atoms with E-state index in [1.165, 1.54) is 0 Å². The summed E-state index contributed by atoms with van der Waals surface area (Å²) in [5.41, 5.74) is 3.34. The van der Waals surface area contributed by atoms with Gasteiger partial charge in [-0.2, -0.15) is 10.2 Å². The number of benzene rings is 2. The van der Waals surface area contributed by atoms with Crippen molar-refractivity contribution < 1.29 is 4.79 Å². The van der Waals surface area contributed by atoms with E-state index in [2.05, 4.69) is 21.7 Å². The van der Waals surface area contributed by atoms with Crippen LogP contribution in [0.1, 0.15) is 24.1 Å². The largest absolute Gasteiger partial charge is 0.328 e. The highest BCUT2D eigenvalue weighted by atomic mass is 32.1. The number of thiophene rings is 1. The van der Waals surface area contributed by atoms with Crippen LogP contribution in [0.4, 0.5) is 11.6 Å². The average Bonchev–Trinajstić information content (AvgIpc) is 3.49. The van der Waals surface area contributed by atoms with Crippen molar-refractivity contribution in [1.29, 1.82) is 5.26 Å². The molecule has 156 valence electrons. The number of carbonyl (C=O) groups is 1. The molecule has 1 amide bonds. The molecule has 2 N–H and O–H groups in total. The molecule has 2 aromatic carbocycles. The molecule has 3 heterocycles.